The first kappa shape index (κ1) is 23.6. The highest BCUT2D eigenvalue weighted by Crippen LogP contribution is 2.31. The van der Waals surface area contributed by atoms with Crippen molar-refractivity contribution in [2.24, 2.45) is 5.73 Å². The van der Waals surface area contributed by atoms with Gasteiger partial charge in [0.15, 0.2) is 5.82 Å². The predicted molar refractivity (Wildman–Crippen MR) is 141 cm³/mol. The molecule has 1 aromatic carbocycles. The molecule has 5 heterocycles. The maximum atomic E-state index is 12.2. The van der Waals surface area contributed by atoms with Gasteiger partial charge in [-0.3, -0.25) is 9.88 Å². The van der Waals surface area contributed by atoms with Gasteiger partial charge in [-0.2, -0.15) is 15.0 Å². The van der Waals surface area contributed by atoms with Gasteiger partial charge in [0.2, 0.25) is 11.9 Å². The minimum Gasteiger partial charge on any atom is -0.371 e. The maximum absolute atomic E-state index is 12.2. The van der Waals surface area contributed by atoms with Crippen LogP contribution in [0, 0.1) is 0 Å². The molecule has 3 aliphatic rings. The van der Waals surface area contributed by atoms with Gasteiger partial charge >= 0.3 is 6.03 Å². The van der Waals surface area contributed by atoms with Crippen LogP contribution >= 0.6 is 0 Å². The van der Waals surface area contributed by atoms with Crippen LogP contribution in [-0.4, -0.2) is 89.4 Å². The third-order valence-electron chi connectivity index (χ3n) is 7.25. The molecule has 6 rings (SSSR count). The second kappa shape index (κ2) is 9.91. The fourth-order valence-corrected chi connectivity index (χ4v) is 5.21. The number of carbonyl (C=O) groups excluding carboxylic acids is 1. The molecule has 2 atom stereocenters. The Morgan fingerprint density at radius 2 is 1.46 bits per heavy atom. The van der Waals surface area contributed by atoms with Crippen molar-refractivity contribution >= 4 is 29.3 Å². The molecular formula is C26H31N9O2. The smallest absolute Gasteiger partial charge is 0.323 e. The predicted octanol–water partition coefficient (Wildman–Crippen LogP) is 2.27. The van der Waals surface area contributed by atoms with E-state index in [1.807, 2.05) is 24.3 Å². The molecule has 0 saturated carbocycles. The number of rotatable bonds is 5. The summed E-state index contributed by atoms with van der Waals surface area (Å²) in [6.07, 6.45) is 5.89. The largest absolute Gasteiger partial charge is 0.371 e. The first-order valence-electron chi connectivity index (χ1n) is 12.7. The number of nitrogens with zero attached hydrogens (tertiary/aromatic N) is 8. The van der Waals surface area contributed by atoms with E-state index in [1.165, 1.54) is 4.90 Å². The number of aromatic nitrogens is 4. The van der Waals surface area contributed by atoms with Crippen molar-refractivity contribution < 1.29 is 9.53 Å². The standard InChI is InChI=1S/C26H31N9O2/c1-32-12-14-33(15-13-32)25-29-23(30-26(31-25)34-16-21-6-7-22(17-34)37-21)18-2-4-19(5-3-18)35(24(27)36)20-8-10-28-11-9-20/h2-5,8-11,21-22H,6-7,12-17H2,1H3,(H2,27,36). The second-order valence-electron chi connectivity index (χ2n) is 9.84. The number of carbonyl (C=O) groups is 1. The lowest BCUT2D eigenvalue weighted by Crippen LogP contribution is -2.46. The molecule has 11 nitrogen and oxygen atoms in total. The van der Waals surface area contributed by atoms with Gasteiger partial charge in [0.05, 0.1) is 23.6 Å². The third-order valence-corrected chi connectivity index (χ3v) is 7.25. The normalized spacial score (nSPS) is 21.8. The van der Waals surface area contributed by atoms with Crippen molar-refractivity contribution in [1.82, 2.24) is 24.8 Å². The van der Waals surface area contributed by atoms with Gasteiger partial charge in [0.25, 0.3) is 0 Å². The number of urea groups is 1. The van der Waals surface area contributed by atoms with Crippen LogP contribution in [0.2, 0.25) is 0 Å². The number of morpholine rings is 1. The van der Waals surface area contributed by atoms with Gasteiger partial charge in [0.1, 0.15) is 0 Å². The molecule has 2 unspecified atom stereocenters. The highest BCUT2D eigenvalue weighted by Gasteiger charge is 2.35. The Kier molecular flexibility index (Phi) is 6.31. The number of likely N-dealkylation sites (N-methyl/N-ethyl adjacent to an activating group) is 1. The zero-order valence-corrected chi connectivity index (χ0v) is 20.9. The van der Waals surface area contributed by atoms with Gasteiger partial charge < -0.3 is 25.2 Å². The van der Waals surface area contributed by atoms with Crippen molar-refractivity contribution in [3.63, 3.8) is 0 Å². The fraction of sp³-hybridized carbons (Fsp3) is 0.423. The summed E-state index contributed by atoms with van der Waals surface area (Å²) >= 11 is 0. The number of amides is 2. The van der Waals surface area contributed by atoms with Crippen molar-refractivity contribution in [1.29, 1.82) is 0 Å². The monoisotopic (exact) mass is 501 g/mol. The van der Waals surface area contributed by atoms with Crippen LogP contribution in [0.3, 0.4) is 0 Å². The van der Waals surface area contributed by atoms with Gasteiger partial charge in [-0.05, 0) is 56.3 Å². The molecule has 37 heavy (non-hydrogen) atoms. The summed E-state index contributed by atoms with van der Waals surface area (Å²) in [5.74, 6) is 2.00. The van der Waals surface area contributed by atoms with E-state index in [2.05, 4.69) is 26.7 Å². The fourth-order valence-electron chi connectivity index (χ4n) is 5.21. The zero-order chi connectivity index (χ0) is 25.4. The van der Waals surface area contributed by atoms with Gasteiger partial charge in [-0.15, -0.1) is 0 Å². The number of hydrogen-bond acceptors (Lipinski definition) is 9. The van der Waals surface area contributed by atoms with E-state index in [0.29, 0.717) is 29.1 Å². The summed E-state index contributed by atoms with van der Waals surface area (Å²) in [5, 5.41) is 0. The number of primary amides is 1. The van der Waals surface area contributed by atoms with Crippen molar-refractivity contribution in [2.45, 2.75) is 25.0 Å². The maximum Gasteiger partial charge on any atom is 0.323 e. The van der Waals surface area contributed by atoms with E-state index >= 15 is 0 Å². The van der Waals surface area contributed by atoms with Crippen molar-refractivity contribution in [3.8, 4) is 11.4 Å². The number of benzene rings is 1. The average molecular weight is 502 g/mol. The van der Waals surface area contributed by atoms with Crippen LogP contribution in [0.1, 0.15) is 12.8 Å². The van der Waals surface area contributed by atoms with Crippen LogP contribution in [0.4, 0.5) is 28.1 Å². The lowest BCUT2D eigenvalue weighted by molar-refractivity contribution is 0.0299. The molecule has 0 spiro atoms. The molecule has 3 aromatic rings. The lowest BCUT2D eigenvalue weighted by atomic mass is 10.1. The number of anilines is 4. The molecular weight excluding hydrogens is 470 g/mol. The van der Waals surface area contributed by atoms with Crippen LogP contribution < -0.4 is 20.4 Å². The third kappa shape index (κ3) is 4.92. The number of pyridine rings is 1. The van der Waals surface area contributed by atoms with Crippen LogP contribution in [0.25, 0.3) is 11.4 Å². The van der Waals surface area contributed by atoms with E-state index in [1.54, 1.807) is 24.5 Å². The summed E-state index contributed by atoms with van der Waals surface area (Å²) in [6.45, 7) is 5.24. The molecule has 11 heteroatoms. The molecule has 2 amide bonds. The zero-order valence-electron chi connectivity index (χ0n) is 20.9. The molecule has 192 valence electrons. The number of piperazine rings is 1. The summed E-state index contributed by atoms with van der Waals surface area (Å²) in [7, 11) is 2.13. The first-order valence-corrected chi connectivity index (χ1v) is 12.7. The molecule has 3 fully saturated rings. The Balaban J connectivity index is 1.34. The summed E-state index contributed by atoms with van der Waals surface area (Å²) in [6, 6.07) is 10.5. The number of ether oxygens (including phenoxy) is 1. The second-order valence-corrected chi connectivity index (χ2v) is 9.84. The number of hydrogen-bond donors (Lipinski definition) is 1. The first-order chi connectivity index (χ1) is 18.0. The van der Waals surface area contributed by atoms with Gasteiger partial charge in [-0.25, -0.2) is 4.79 Å². The van der Waals surface area contributed by atoms with Crippen LogP contribution in [0.15, 0.2) is 48.8 Å². The Hall–Kier alpha value is -3.83. The van der Waals surface area contributed by atoms with Crippen molar-refractivity contribution in [3.05, 3.63) is 48.8 Å². The van der Waals surface area contributed by atoms with E-state index in [-0.39, 0.29) is 12.2 Å². The molecule has 2 N–H and O–H groups in total. The quantitative estimate of drug-likeness (QED) is 0.562. The van der Waals surface area contributed by atoms with Crippen LogP contribution in [0.5, 0.6) is 0 Å². The molecule has 0 aliphatic carbocycles. The molecule has 2 aromatic heterocycles. The molecule has 3 saturated heterocycles. The van der Waals surface area contributed by atoms with E-state index in [0.717, 1.165) is 57.7 Å². The molecule has 2 bridgehead atoms. The van der Waals surface area contributed by atoms with Crippen LogP contribution in [-0.2, 0) is 4.74 Å². The Bertz CT molecular complexity index is 1240. The van der Waals surface area contributed by atoms with Gasteiger partial charge in [-0.1, -0.05) is 0 Å². The number of fused-ring (bicyclic) bond motifs is 2. The Labute approximate surface area is 215 Å². The Morgan fingerprint density at radius 3 is 2.08 bits per heavy atom. The average Bonchev–Trinajstić information content (AvgIpc) is 3.27. The van der Waals surface area contributed by atoms with E-state index < -0.39 is 6.03 Å². The van der Waals surface area contributed by atoms with Gasteiger partial charge in [0, 0.05) is 57.2 Å². The summed E-state index contributed by atoms with van der Waals surface area (Å²) in [4.78, 5) is 39.2. The SMILES string of the molecule is CN1CCN(c2nc(-c3ccc(N(C(N)=O)c4ccncc4)cc3)nc(N3CC4CCC(C3)O4)n2)CC1. The number of nitrogens with two attached hydrogens (primary N) is 1. The molecule has 3 aliphatic heterocycles. The highest BCUT2D eigenvalue weighted by atomic mass is 16.5. The highest BCUT2D eigenvalue weighted by molar-refractivity contribution is 5.98. The Morgan fingerprint density at radius 1 is 0.865 bits per heavy atom. The van der Waals surface area contributed by atoms with E-state index in [9.17, 15) is 4.79 Å². The topological polar surface area (TPSA) is 117 Å². The molecule has 0 radical (unpaired) electrons. The minimum atomic E-state index is -0.569. The van der Waals surface area contributed by atoms with Crippen molar-refractivity contribution in [2.75, 3.05) is 61.0 Å². The lowest BCUT2D eigenvalue weighted by Gasteiger charge is -2.34. The summed E-state index contributed by atoms with van der Waals surface area (Å²) in [5.41, 5.74) is 7.85. The van der Waals surface area contributed by atoms with E-state index in [4.69, 9.17) is 25.4 Å². The summed E-state index contributed by atoms with van der Waals surface area (Å²) < 4.78 is 6.04. The minimum absolute atomic E-state index is 0.235.